The van der Waals surface area contributed by atoms with E-state index in [-0.39, 0.29) is 0 Å². The van der Waals surface area contributed by atoms with Gasteiger partial charge >= 0.3 is 0 Å². The third-order valence-corrected chi connectivity index (χ3v) is 6.27. The van der Waals surface area contributed by atoms with E-state index < -0.39 is 0 Å². The van der Waals surface area contributed by atoms with Crippen LogP contribution in [-0.2, 0) is 0 Å². The zero-order valence-corrected chi connectivity index (χ0v) is 18.0. The maximum absolute atomic E-state index is 2.34. The van der Waals surface area contributed by atoms with Crippen LogP contribution in [0.2, 0.25) is 0 Å². The van der Waals surface area contributed by atoms with Crippen molar-refractivity contribution in [3.8, 4) is 0 Å². The fourth-order valence-corrected chi connectivity index (χ4v) is 4.67. The van der Waals surface area contributed by atoms with Gasteiger partial charge in [-0.15, -0.1) is 0 Å². The highest BCUT2D eigenvalue weighted by molar-refractivity contribution is 6.32. The van der Waals surface area contributed by atoms with Crippen LogP contribution in [0.5, 0.6) is 0 Å². The van der Waals surface area contributed by atoms with Crippen LogP contribution in [0.15, 0.2) is 121 Å². The van der Waals surface area contributed by atoms with Crippen molar-refractivity contribution in [2.75, 3.05) is 4.90 Å². The SMILES string of the molecule is Bc1ccc(N(c2ccccc2)c2ccc3ccc4ccc5ccccc5c4c3c2)cc1. The predicted octanol–water partition coefficient (Wildman–Crippen LogP) is 6.87. The second kappa shape index (κ2) is 7.58. The molecule has 0 unspecified atom stereocenters. The van der Waals surface area contributed by atoms with Crippen LogP contribution >= 0.6 is 0 Å². The van der Waals surface area contributed by atoms with Crippen molar-refractivity contribution in [3.05, 3.63) is 121 Å². The number of nitrogens with zero attached hydrogens (tertiary/aromatic N) is 1. The maximum atomic E-state index is 2.34. The van der Waals surface area contributed by atoms with Crippen LogP contribution in [0.3, 0.4) is 0 Å². The molecular formula is C30H22BN. The zero-order chi connectivity index (χ0) is 21.5. The minimum Gasteiger partial charge on any atom is -0.310 e. The molecular weight excluding hydrogens is 385 g/mol. The summed E-state index contributed by atoms with van der Waals surface area (Å²) in [6.45, 7) is 0. The summed E-state index contributed by atoms with van der Waals surface area (Å²) in [6.07, 6.45) is 0. The smallest absolute Gasteiger partial charge is 0.139 e. The fraction of sp³-hybridized carbons (Fsp3) is 0. The lowest BCUT2D eigenvalue weighted by atomic mass is 9.95. The Bertz CT molecular complexity index is 1560. The highest BCUT2D eigenvalue weighted by Crippen LogP contribution is 2.38. The van der Waals surface area contributed by atoms with E-state index in [4.69, 9.17) is 0 Å². The summed E-state index contributed by atoms with van der Waals surface area (Å²) >= 11 is 0. The Hall–Kier alpha value is -4.04. The predicted molar refractivity (Wildman–Crippen MR) is 142 cm³/mol. The number of hydrogen-bond acceptors (Lipinski definition) is 1. The summed E-state index contributed by atoms with van der Waals surface area (Å²) in [5, 5.41) is 7.71. The maximum Gasteiger partial charge on any atom is 0.139 e. The largest absolute Gasteiger partial charge is 0.310 e. The standard InChI is InChI=1S/C30H22BN/c31-24-15-18-26(19-16-24)32(25-7-2-1-3-8-25)27-17-14-22-11-13-23-12-10-21-6-4-5-9-28(21)30(23)29(22)20-27/h1-20H,31H2. The molecule has 0 N–H and O–H groups in total. The molecule has 1 nitrogen and oxygen atoms in total. The Labute approximate surface area is 189 Å². The van der Waals surface area contributed by atoms with Gasteiger partial charge in [0.25, 0.3) is 0 Å². The van der Waals surface area contributed by atoms with Crippen molar-refractivity contribution in [2.45, 2.75) is 0 Å². The first-order valence-corrected chi connectivity index (χ1v) is 11.0. The van der Waals surface area contributed by atoms with Gasteiger partial charge in [0.1, 0.15) is 7.85 Å². The molecule has 0 saturated heterocycles. The van der Waals surface area contributed by atoms with Gasteiger partial charge in [-0.25, -0.2) is 0 Å². The summed E-state index contributed by atoms with van der Waals surface area (Å²) in [5.41, 5.74) is 4.73. The van der Waals surface area contributed by atoms with E-state index in [9.17, 15) is 0 Å². The van der Waals surface area contributed by atoms with Gasteiger partial charge < -0.3 is 4.90 Å². The summed E-state index contributed by atoms with van der Waals surface area (Å²) in [5.74, 6) is 0. The average Bonchev–Trinajstić information content (AvgIpc) is 2.85. The van der Waals surface area contributed by atoms with Crippen molar-refractivity contribution in [1.29, 1.82) is 0 Å². The Balaban J connectivity index is 1.65. The first-order chi connectivity index (χ1) is 15.8. The number of para-hydroxylation sites is 1. The summed E-state index contributed by atoms with van der Waals surface area (Å²) in [6, 6.07) is 43.8. The van der Waals surface area contributed by atoms with E-state index in [1.807, 2.05) is 0 Å². The van der Waals surface area contributed by atoms with Crippen molar-refractivity contribution < 1.29 is 0 Å². The van der Waals surface area contributed by atoms with E-state index >= 15 is 0 Å². The molecule has 0 aromatic heterocycles. The van der Waals surface area contributed by atoms with E-state index in [1.165, 1.54) is 37.8 Å². The number of rotatable bonds is 3. The molecule has 0 radical (unpaired) electrons. The highest BCUT2D eigenvalue weighted by Gasteiger charge is 2.14. The number of benzene rings is 6. The van der Waals surface area contributed by atoms with Crippen LogP contribution in [-0.4, -0.2) is 7.85 Å². The van der Waals surface area contributed by atoms with Gasteiger partial charge in [0, 0.05) is 17.1 Å². The van der Waals surface area contributed by atoms with Gasteiger partial charge in [0.2, 0.25) is 0 Å². The van der Waals surface area contributed by atoms with Gasteiger partial charge in [0.15, 0.2) is 0 Å². The molecule has 0 aliphatic heterocycles. The van der Waals surface area contributed by atoms with Crippen molar-refractivity contribution in [3.63, 3.8) is 0 Å². The van der Waals surface area contributed by atoms with Crippen molar-refractivity contribution in [2.24, 2.45) is 0 Å². The third-order valence-electron chi connectivity index (χ3n) is 6.27. The van der Waals surface area contributed by atoms with E-state index in [0.717, 1.165) is 17.1 Å². The molecule has 32 heavy (non-hydrogen) atoms. The van der Waals surface area contributed by atoms with Crippen LogP contribution in [0.25, 0.3) is 32.3 Å². The lowest BCUT2D eigenvalue weighted by molar-refractivity contribution is 1.29. The third kappa shape index (κ3) is 3.12. The van der Waals surface area contributed by atoms with E-state index in [2.05, 4.69) is 134 Å². The second-order valence-corrected chi connectivity index (χ2v) is 8.36. The Morgan fingerprint density at radius 3 is 1.78 bits per heavy atom. The van der Waals surface area contributed by atoms with E-state index in [0.29, 0.717) is 0 Å². The summed E-state index contributed by atoms with van der Waals surface area (Å²) < 4.78 is 0. The van der Waals surface area contributed by atoms with Gasteiger partial charge in [-0.2, -0.15) is 0 Å². The van der Waals surface area contributed by atoms with Crippen LogP contribution < -0.4 is 10.4 Å². The number of hydrogen-bond donors (Lipinski definition) is 0. The molecule has 150 valence electrons. The second-order valence-electron chi connectivity index (χ2n) is 8.36. The van der Waals surface area contributed by atoms with Crippen molar-refractivity contribution >= 4 is 62.7 Å². The van der Waals surface area contributed by atoms with Gasteiger partial charge in [-0.3, -0.25) is 0 Å². The molecule has 0 spiro atoms. The molecule has 0 heterocycles. The molecule has 2 heteroatoms. The normalized spacial score (nSPS) is 11.2. The Kier molecular flexibility index (Phi) is 4.43. The highest BCUT2D eigenvalue weighted by atomic mass is 15.1. The Morgan fingerprint density at radius 1 is 0.438 bits per heavy atom. The number of anilines is 3. The Morgan fingerprint density at radius 2 is 1.00 bits per heavy atom. The van der Waals surface area contributed by atoms with E-state index in [1.54, 1.807) is 0 Å². The molecule has 0 atom stereocenters. The fourth-order valence-electron chi connectivity index (χ4n) is 4.67. The zero-order valence-electron chi connectivity index (χ0n) is 18.0. The topological polar surface area (TPSA) is 3.24 Å². The molecule has 0 aliphatic carbocycles. The van der Waals surface area contributed by atoms with Crippen LogP contribution in [0.4, 0.5) is 17.1 Å². The molecule has 0 saturated carbocycles. The molecule has 0 fully saturated rings. The molecule has 6 aromatic rings. The van der Waals surface area contributed by atoms with Gasteiger partial charge in [-0.05, 0) is 68.7 Å². The monoisotopic (exact) mass is 407 g/mol. The first-order valence-electron chi connectivity index (χ1n) is 11.0. The summed E-state index contributed by atoms with van der Waals surface area (Å²) in [7, 11) is 2.13. The van der Waals surface area contributed by atoms with Crippen molar-refractivity contribution in [1.82, 2.24) is 0 Å². The minimum atomic E-state index is 1.15. The lowest BCUT2D eigenvalue weighted by Crippen LogP contribution is -2.11. The van der Waals surface area contributed by atoms with Gasteiger partial charge in [0.05, 0.1) is 0 Å². The minimum absolute atomic E-state index is 1.15. The average molecular weight is 407 g/mol. The van der Waals surface area contributed by atoms with Gasteiger partial charge in [-0.1, -0.05) is 90.4 Å². The molecule has 6 aromatic carbocycles. The molecule has 0 amide bonds. The van der Waals surface area contributed by atoms with Crippen LogP contribution in [0.1, 0.15) is 0 Å². The quantitative estimate of drug-likeness (QED) is 0.228. The molecule has 0 aliphatic rings. The number of fused-ring (bicyclic) bond motifs is 5. The molecule has 0 bridgehead atoms. The first kappa shape index (κ1) is 18.7. The van der Waals surface area contributed by atoms with Crippen LogP contribution in [0, 0.1) is 0 Å². The lowest BCUT2D eigenvalue weighted by Gasteiger charge is -2.26. The summed E-state index contributed by atoms with van der Waals surface area (Å²) in [4.78, 5) is 2.34. The molecule has 6 rings (SSSR count).